The number of nitrogens with zero attached hydrogens (tertiary/aromatic N) is 2. The van der Waals surface area contributed by atoms with Crippen LogP contribution in [0.5, 0.6) is 17.2 Å². The predicted molar refractivity (Wildman–Crippen MR) is 102 cm³/mol. The lowest BCUT2D eigenvalue weighted by atomic mass is 10.1. The fourth-order valence-corrected chi connectivity index (χ4v) is 3.96. The van der Waals surface area contributed by atoms with Gasteiger partial charge in [0.25, 0.3) is 5.91 Å². The standard InChI is InChI=1S/C19H20N2O4S/c1-11-7-6-8-15-16(11)21(2)19(26-15)20-18(22)12-9-13(23-3)17(25-5)14(10-12)24-4/h6-10H,1-5H3. The van der Waals surface area contributed by atoms with E-state index < -0.39 is 0 Å². The number of benzene rings is 2. The molecule has 7 heteroatoms. The maximum Gasteiger partial charge on any atom is 0.279 e. The minimum Gasteiger partial charge on any atom is -0.493 e. The normalized spacial score (nSPS) is 11.7. The Bertz CT molecular complexity index is 1020. The molecule has 3 rings (SSSR count). The molecule has 0 aliphatic rings. The van der Waals surface area contributed by atoms with Crippen LogP contribution < -0.4 is 19.0 Å². The first-order valence-electron chi connectivity index (χ1n) is 7.94. The molecule has 0 aliphatic heterocycles. The lowest BCUT2D eigenvalue weighted by molar-refractivity contribution is 0.0997. The highest BCUT2D eigenvalue weighted by molar-refractivity contribution is 7.16. The van der Waals surface area contributed by atoms with Crippen molar-refractivity contribution in [3.8, 4) is 17.2 Å². The summed E-state index contributed by atoms with van der Waals surface area (Å²) < 4.78 is 18.9. The number of aromatic nitrogens is 1. The Balaban J connectivity index is 2.12. The van der Waals surface area contributed by atoms with Gasteiger partial charge in [0.1, 0.15) is 0 Å². The topological polar surface area (TPSA) is 62.0 Å². The minimum atomic E-state index is -0.371. The number of methoxy groups -OCH3 is 3. The van der Waals surface area contributed by atoms with Gasteiger partial charge in [-0.1, -0.05) is 23.5 Å². The summed E-state index contributed by atoms with van der Waals surface area (Å²) in [6.07, 6.45) is 0. The monoisotopic (exact) mass is 372 g/mol. The molecule has 136 valence electrons. The van der Waals surface area contributed by atoms with Gasteiger partial charge in [0.15, 0.2) is 16.3 Å². The van der Waals surface area contributed by atoms with Crippen molar-refractivity contribution in [3.63, 3.8) is 0 Å². The maximum absolute atomic E-state index is 12.7. The van der Waals surface area contributed by atoms with Crippen molar-refractivity contribution in [2.24, 2.45) is 12.0 Å². The van der Waals surface area contributed by atoms with Gasteiger partial charge in [0, 0.05) is 12.6 Å². The minimum absolute atomic E-state index is 0.369. The second-order valence-corrected chi connectivity index (χ2v) is 6.71. The van der Waals surface area contributed by atoms with E-state index in [9.17, 15) is 4.79 Å². The van der Waals surface area contributed by atoms with Crippen LogP contribution in [0.4, 0.5) is 0 Å². The second kappa shape index (κ2) is 7.21. The number of amides is 1. The Morgan fingerprint density at radius 2 is 1.73 bits per heavy atom. The van der Waals surface area contributed by atoms with E-state index in [2.05, 4.69) is 4.99 Å². The van der Waals surface area contributed by atoms with E-state index in [0.29, 0.717) is 27.6 Å². The van der Waals surface area contributed by atoms with Gasteiger partial charge >= 0.3 is 0 Å². The van der Waals surface area contributed by atoms with Crippen molar-refractivity contribution in [2.75, 3.05) is 21.3 Å². The van der Waals surface area contributed by atoms with Gasteiger partial charge in [-0.2, -0.15) is 4.99 Å². The molecule has 2 aromatic carbocycles. The van der Waals surface area contributed by atoms with E-state index in [4.69, 9.17) is 14.2 Å². The summed E-state index contributed by atoms with van der Waals surface area (Å²) in [5.74, 6) is 0.905. The molecule has 0 atom stereocenters. The number of hydrogen-bond donors (Lipinski definition) is 0. The molecule has 1 aromatic heterocycles. The van der Waals surface area contributed by atoms with Gasteiger partial charge < -0.3 is 18.8 Å². The van der Waals surface area contributed by atoms with Crippen LogP contribution in [-0.2, 0) is 7.05 Å². The predicted octanol–water partition coefficient (Wildman–Crippen LogP) is 3.32. The highest BCUT2D eigenvalue weighted by atomic mass is 32.1. The van der Waals surface area contributed by atoms with E-state index in [1.165, 1.54) is 32.7 Å². The fourth-order valence-electron chi connectivity index (χ4n) is 2.86. The van der Waals surface area contributed by atoms with Crippen molar-refractivity contribution in [3.05, 3.63) is 46.3 Å². The van der Waals surface area contributed by atoms with E-state index in [0.717, 1.165) is 15.8 Å². The van der Waals surface area contributed by atoms with Crippen LogP contribution in [0, 0.1) is 6.92 Å². The van der Waals surface area contributed by atoms with Gasteiger partial charge in [-0.3, -0.25) is 4.79 Å². The first kappa shape index (κ1) is 18.0. The Labute approximate surface area is 155 Å². The summed E-state index contributed by atoms with van der Waals surface area (Å²) in [7, 11) is 6.45. The SMILES string of the molecule is COc1cc(C(=O)N=c2sc3cccc(C)c3n2C)cc(OC)c1OC. The molecule has 0 radical (unpaired) electrons. The van der Waals surface area contributed by atoms with Crippen LogP contribution in [0.1, 0.15) is 15.9 Å². The smallest absolute Gasteiger partial charge is 0.279 e. The Morgan fingerprint density at radius 3 is 2.27 bits per heavy atom. The molecule has 0 unspecified atom stereocenters. The molecule has 3 aromatic rings. The van der Waals surface area contributed by atoms with Crippen LogP contribution in [-0.4, -0.2) is 31.8 Å². The highest BCUT2D eigenvalue weighted by Gasteiger charge is 2.17. The number of thiazole rings is 1. The first-order valence-corrected chi connectivity index (χ1v) is 8.76. The van der Waals surface area contributed by atoms with Crippen LogP contribution in [0.3, 0.4) is 0 Å². The number of aryl methyl sites for hydroxylation is 2. The van der Waals surface area contributed by atoms with E-state index in [1.54, 1.807) is 12.1 Å². The largest absolute Gasteiger partial charge is 0.493 e. The van der Waals surface area contributed by atoms with E-state index >= 15 is 0 Å². The summed E-state index contributed by atoms with van der Waals surface area (Å²) in [5.41, 5.74) is 2.59. The van der Waals surface area contributed by atoms with E-state index in [-0.39, 0.29) is 5.91 Å². The summed E-state index contributed by atoms with van der Waals surface area (Å²) in [6, 6.07) is 9.27. The quantitative estimate of drug-likeness (QED) is 0.705. The zero-order valence-corrected chi connectivity index (χ0v) is 16.1. The summed E-state index contributed by atoms with van der Waals surface area (Å²) in [5, 5.41) is 0. The number of para-hydroxylation sites is 1. The molecular weight excluding hydrogens is 352 g/mol. The third-order valence-electron chi connectivity index (χ3n) is 4.13. The third-order valence-corrected chi connectivity index (χ3v) is 5.23. The fraction of sp³-hybridized carbons (Fsp3) is 0.263. The van der Waals surface area contributed by atoms with Gasteiger partial charge in [0.05, 0.1) is 31.5 Å². The molecule has 1 amide bonds. The first-order chi connectivity index (χ1) is 12.5. The third kappa shape index (κ3) is 3.06. The van der Waals surface area contributed by atoms with Gasteiger partial charge in [0.2, 0.25) is 5.75 Å². The highest BCUT2D eigenvalue weighted by Crippen LogP contribution is 2.38. The number of hydrogen-bond acceptors (Lipinski definition) is 5. The number of carbonyl (C=O) groups excluding carboxylic acids is 1. The van der Waals surface area contributed by atoms with Gasteiger partial charge in [-0.15, -0.1) is 0 Å². The average Bonchev–Trinajstić information content (AvgIpc) is 2.97. The average molecular weight is 372 g/mol. The van der Waals surface area contributed by atoms with Crippen LogP contribution in [0.15, 0.2) is 35.3 Å². The van der Waals surface area contributed by atoms with Crippen LogP contribution in [0.2, 0.25) is 0 Å². The lowest BCUT2D eigenvalue weighted by Crippen LogP contribution is -2.14. The molecule has 0 saturated carbocycles. The zero-order chi connectivity index (χ0) is 18.8. The van der Waals surface area contributed by atoms with Crippen molar-refractivity contribution in [2.45, 2.75) is 6.92 Å². The molecule has 0 bridgehead atoms. The second-order valence-electron chi connectivity index (χ2n) is 5.70. The van der Waals surface area contributed by atoms with Crippen LogP contribution >= 0.6 is 11.3 Å². The number of rotatable bonds is 4. The van der Waals surface area contributed by atoms with Crippen molar-refractivity contribution in [1.29, 1.82) is 0 Å². The van der Waals surface area contributed by atoms with Gasteiger partial charge in [-0.05, 0) is 30.7 Å². The maximum atomic E-state index is 12.7. The molecule has 0 spiro atoms. The molecule has 26 heavy (non-hydrogen) atoms. The van der Waals surface area contributed by atoms with E-state index in [1.807, 2.05) is 36.7 Å². The molecule has 0 saturated heterocycles. The molecule has 6 nitrogen and oxygen atoms in total. The molecule has 0 N–H and O–H groups in total. The number of fused-ring (bicyclic) bond motifs is 1. The number of ether oxygens (including phenoxy) is 3. The lowest BCUT2D eigenvalue weighted by Gasteiger charge is -2.12. The Kier molecular flexibility index (Phi) is 4.99. The van der Waals surface area contributed by atoms with Crippen molar-refractivity contribution in [1.82, 2.24) is 4.57 Å². The van der Waals surface area contributed by atoms with Crippen molar-refractivity contribution < 1.29 is 19.0 Å². The molecule has 0 fully saturated rings. The Morgan fingerprint density at radius 1 is 1.08 bits per heavy atom. The number of carbonyl (C=O) groups is 1. The van der Waals surface area contributed by atoms with Crippen LogP contribution in [0.25, 0.3) is 10.2 Å². The summed E-state index contributed by atoms with van der Waals surface area (Å²) in [4.78, 5) is 17.7. The summed E-state index contributed by atoms with van der Waals surface area (Å²) in [6.45, 7) is 2.04. The molecule has 0 aliphatic carbocycles. The Hall–Kier alpha value is -2.80. The molecule has 1 heterocycles. The van der Waals surface area contributed by atoms with Gasteiger partial charge in [-0.25, -0.2) is 0 Å². The summed E-state index contributed by atoms with van der Waals surface area (Å²) >= 11 is 1.48. The molecular formula is C19H20N2O4S. The van der Waals surface area contributed by atoms with Crippen molar-refractivity contribution >= 4 is 27.5 Å². The zero-order valence-electron chi connectivity index (χ0n) is 15.3.